The van der Waals surface area contributed by atoms with Crippen LogP contribution >= 0.6 is 11.8 Å². The van der Waals surface area contributed by atoms with Gasteiger partial charge in [0.05, 0.1) is 11.1 Å². The Kier molecular flexibility index (Phi) is 7.85. The molecule has 3 aromatic carbocycles. The van der Waals surface area contributed by atoms with Crippen molar-refractivity contribution < 1.29 is 32.6 Å². The Morgan fingerprint density at radius 1 is 0.724 bits per heavy atom. The second-order valence-corrected chi connectivity index (χ2v) is 6.56. The van der Waals surface area contributed by atoms with Crippen LogP contribution in [0, 0.1) is 0 Å². The Balaban J connectivity index is 0.000000211. The van der Waals surface area contributed by atoms with Gasteiger partial charge in [0.1, 0.15) is 0 Å². The summed E-state index contributed by atoms with van der Waals surface area (Å²) in [5.74, 6) is -3.25. The van der Waals surface area contributed by atoms with Crippen LogP contribution in [0.3, 0.4) is 0 Å². The van der Waals surface area contributed by atoms with Crippen molar-refractivity contribution in [3.05, 3.63) is 96.1 Å². The first kappa shape index (κ1) is 22.0. The Hall–Kier alpha value is -3.26. The summed E-state index contributed by atoms with van der Waals surface area (Å²) in [4.78, 5) is 24.2. The summed E-state index contributed by atoms with van der Waals surface area (Å²) in [6.07, 6.45) is -5.14. The van der Waals surface area contributed by atoms with E-state index in [9.17, 15) is 22.8 Å². The first-order valence-electron chi connectivity index (χ1n) is 8.16. The molecule has 0 fully saturated rings. The number of hydrogen-bond acceptors (Lipinski definition) is 4. The van der Waals surface area contributed by atoms with Crippen molar-refractivity contribution in [2.75, 3.05) is 0 Å². The number of esters is 1. The van der Waals surface area contributed by atoms with Gasteiger partial charge < -0.3 is 9.84 Å². The summed E-state index contributed by atoms with van der Waals surface area (Å²) in [6, 6.07) is 25.3. The lowest BCUT2D eigenvalue weighted by Crippen LogP contribution is -2.21. The van der Waals surface area contributed by atoms with Crippen LogP contribution in [0.5, 0.6) is 0 Å². The second kappa shape index (κ2) is 10.3. The average molecular weight is 420 g/mol. The molecule has 4 nitrogen and oxygen atoms in total. The van der Waals surface area contributed by atoms with E-state index in [2.05, 4.69) is 53.3 Å². The molecular formula is C21H15F3O4S. The van der Waals surface area contributed by atoms with Crippen LogP contribution in [0.25, 0.3) is 0 Å². The molecule has 0 aliphatic heterocycles. The molecule has 0 spiro atoms. The standard InChI is InChI=1S/C12H10S.C9H5F3O4/c1-3-7-11(8-4-1)13-12-9-5-2-6-10-12;10-9(11,12)16-8(15)6-4-2-1-3-5(6)7(13)14/h1-10H;1-4H,(H,13,14). The Bertz CT molecular complexity index is 907. The van der Waals surface area contributed by atoms with Crippen molar-refractivity contribution in [3.63, 3.8) is 0 Å². The maximum absolute atomic E-state index is 11.7. The minimum Gasteiger partial charge on any atom is -0.478 e. The highest BCUT2D eigenvalue weighted by Crippen LogP contribution is 2.26. The lowest BCUT2D eigenvalue weighted by atomic mass is 10.1. The van der Waals surface area contributed by atoms with Gasteiger partial charge in [-0.2, -0.15) is 0 Å². The molecule has 1 N–H and O–H groups in total. The number of carboxylic acid groups (broad SMARTS) is 1. The van der Waals surface area contributed by atoms with E-state index in [1.807, 2.05) is 12.1 Å². The van der Waals surface area contributed by atoms with E-state index >= 15 is 0 Å². The Labute approximate surface area is 168 Å². The summed E-state index contributed by atoms with van der Waals surface area (Å²) in [5, 5.41) is 8.62. The number of halogens is 3. The quantitative estimate of drug-likeness (QED) is 0.533. The smallest absolute Gasteiger partial charge is 0.478 e. The Morgan fingerprint density at radius 3 is 1.55 bits per heavy atom. The van der Waals surface area contributed by atoms with E-state index in [4.69, 9.17) is 5.11 Å². The van der Waals surface area contributed by atoms with Crippen LogP contribution in [-0.2, 0) is 4.74 Å². The normalized spacial score (nSPS) is 10.4. The molecule has 0 saturated heterocycles. The molecule has 0 unspecified atom stereocenters. The van der Waals surface area contributed by atoms with Crippen molar-refractivity contribution >= 4 is 23.7 Å². The fraction of sp³-hybridized carbons (Fsp3) is 0.0476. The summed E-state index contributed by atoms with van der Waals surface area (Å²) < 4.78 is 38.3. The topological polar surface area (TPSA) is 63.6 Å². The number of carbonyl (C=O) groups is 2. The second-order valence-electron chi connectivity index (χ2n) is 5.41. The van der Waals surface area contributed by atoms with Crippen LogP contribution in [0.15, 0.2) is 94.7 Å². The third kappa shape index (κ3) is 7.71. The summed E-state index contributed by atoms with van der Waals surface area (Å²) in [7, 11) is 0. The van der Waals surface area contributed by atoms with Gasteiger partial charge in [0, 0.05) is 9.79 Å². The van der Waals surface area contributed by atoms with E-state index in [0.717, 1.165) is 12.1 Å². The van der Waals surface area contributed by atoms with E-state index in [1.54, 1.807) is 11.8 Å². The molecule has 0 amide bonds. The monoisotopic (exact) mass is 420 g/mol. The van der Waals surface area contributed by atoms with E-state index in [1.165, 1.54) is 21.9 Å². The number of benzene rings is 3. The van der Waals surface area contributed by atoms with Gasteiger partial charge in [-0.15, -0.1) is 13.2 Å². The van der Waals surface area contributed by atoms with Crippen molar-refractivity contribution in [1.29, 1.82) is 0 Å². The molecule has 29 heavy (non-hydrogen) atoms. The number of hydrogen-bond donors (Lipinski definition) is 1. The van der Waals surface area contributed by atoms with E-state index in [-0.39, 0.29) is 0 Å². The van der Waals surface area contributed by atoms with E-state index < -0.39 is 29.4 Å². The van der Waals surface area contributed by atoms with Gasteiger partial charge in [-0.3, -0.25) is 0 Å². The van der Waals surface area contributed by atoms with Crippen LogP contribution in [-0.4, -0.2) is 23.4 Å². The number of aromatic carboxylic acids is 1. The third-order valence-corrected chi connectivity index (χ3v) is 4.32. The molecule has 0 aromatic heterocycles. The van der Waals surface area contributed by atoms with Crippen molar-refractivity contribution in [1.82, 2.24) is 0 Å². The molecule has 0 atom stereocenters. The number of rotatable bonds is 4. The van der Waals surface area contributed by atoms with Gasteiger partial charge in [-0.1, -0.05) is 60.3 Å². The van der Waals surface area contributed by atoms with Gasteiger partial charge in [-0.25, -0.2) is 9.59 Å². The fourth-order valence-corrected chi connectivity index (χ4v) is 2.98. The Morgan fingerprint density at radius 2 is 1.14 bits per heavy atom. The first-order chi connectivity index (χ1) is 13.8. The zero-order valence-electron chi connectivity index (χ0n) is 14.8. The molecule has 0 radical (unpaired) electrons. The fourth-order valence-electron chi connectivity index (χ4n) is 2.12. The first-order valence-corrected chi connectivity index (χ1v) is 8.98. The molecule has 0 bridgehead atoms. The summed E-state index contributed by atoms with van der Waals surface area (Å²) in [6.45, 7) is 0. The summed E-state index contributed by atoms with van der Waals surface area (Å²) in [5.41, 5.74) is -1.19. The highest BCUT2D eigenvalue weighted by molar-refractivity contribution is 7.99. The van der Waals surface area contributed by atoms with Crippen molar-refractivity contribution in [2.45, 2.75) is 16.2 Å². The third-order valence-electron chi connectivity index (χ3n) is 3.31. The molecule has 150 valence electrons. The zero-order chi connectivity index (χ0) is 21.3. The van der Waals surface area contributed by atoms with Gasteiger partial charge >= 0.3 is 18.3 Å². The van der Waals surface area contributed by atoms with Crippen molar-refractivity contribution in [2.24, 2.45) is 0 Å². The van der Waals surface area contributed by atoms with Gasteiger partial charge in [0.25, 0.3) is 0 Å². The molecule has 0 aliphatic carbocycles. The van der Waals surface area contributed by atoms with E-state index in [0.29, 0.717) is 0 Å². The highest BCUT2D eigenvalue weighted by Gasteiger charge is 2.35. The molecule has 3 rings (SSSR count). The molecule has 8 heteroatoms. The maximum Gasteiger partial charge on any atom is 0.575 e. The number of carbonyl (C=O) groups excluding carboxylic acids is 1. The molecule has 0 heterocycles. The molecule has 0 aliphatic rings. The van der Waals surface area contributed by atoms with Crippen LogP contribution in [0.4, 0.5) is 13.2 Å². The minimum absolute atomic E-state index is 0.545. The maximum atomic E-state index is 11.7. The summed E-state index contributed by atoms with van der Waals surface area (Å²) >= 11 is 1.79. The van der Waals surface area contributed by atoms with Gasteiger partial charge in [-0.05, 0) is 36.4 Å². The van der Waals surface area contributed by atoms with Crippen LogP contribution in [0.2, 0.25) is 0 Å². The highest BCUT2D eigenvalue weighted by atomic mass is 32.2. The van der Waals surface area contributed by atoms with Crippen LogP contribution < -0.4 is 0 Å². The predicted octanol–water partition coefficient (Wildman–Crippen LogP) is 5.90. The average Bonchev–Trinajstić information content (AvgIpc) is 2.69. The number of ether oxygens (including phenoxy) is 1. The predicted molar refractivity (Wildman–Crippen MR) is 102 cm³/mol. The van der Waals surface area contributed by atoms with Crippen molar-refractivity contribution in [3.8, 4) is 0 Å². The molecular weight excluding hydrogens is 405 g/mol. The van der Waals surface area contributed by atoms with Crippen LogP contribution in [0.1, 0.15) is 20.7 Å². The lowest BCUT2D eigenvalue weighted by molar-refractivity contribution is -0.291. The molecule has 0 saturated carbocycles. The molecule has 3 aromatic rings. The van der Waals surface area contributed by atoms with Gasteiger partial charge in [0.15, 0.2) is 0 Å². The zero-order valence-corrected chi connectivity index (χ0v) is 15.6. The lowest BCUT2D eigenvalue weighted by Gasteiger charge is -2.08. The minimum atomic E-state index is -5.14. The van der Waals surface area contributed by atoms with Gasteiger partial charge in [0.2, 0.25) is 0 Å². The number of alkyl halides is 3. The largest absolute Gasteiger partial charge is 0.575 e. The SMILES string of the molecule is O=C(O)c1ccccc1C(=O)OC(F)(F)F.c1ccc(Sc2ccccc2)cc1. The number of carboxylic acids is 1.